The van der Waals surface area contributed by atoms with Crippen molar-refractivity contribution in [2.75, 3.05) is 0 Å². The van der Waals surface area contributed by atoms with Gasteiger partial charge in [-0.15, -0.1) is 0 Å². The van der Waals surface area contributed by atoms with Crippen molar-refractivity contribution in [1.82, 2.24) is 0 Å². The fraction of sp³-hybridized carbons (Fsp3) is 0.231. The Labute approximate surface area is 238 Å². The SMILES string of the molecule is [2H]c1c([2H])c([2H])c(-c2c3ccccc3c(-c3cc4c(c5ccccc35)C3CCCCC3C4(C)C)c3ccccc23)c([2H])c1[2H]. The lowest BCUT2D eigenvalue weighted by atomic mass is 9.69. The summed E-state index contributed by atoms with van der Waals surface area (Å²) < 4.78 is 42.8. The lowest BCUT2D eigenvalue weighted by Crippen LogP contribution is -2.28. The molecule has 190 valence electrons. The molecule has 2 aliphatic carbocycles. The van der Waals surface area contributed by atoms with E-state index in [0.29, 0.717) is 17.4 Å². The van der Waals surface area contributed by atoms with E-state index in [1.165, 1.54) is 47.6 Å². The lowest BCUT2D eigenvalue weighted by Gasteiger charge is -2.34. The molecular weight excluding hydrogens is 468 g/mol. The highest BCUT2D eigenvalue weighted by Gasteiger charge is 2.47. The van der Waals surface area contributed by atoms with Crippen molar-refractivity contribution in [3.63, 3.8) is 0 Å². The van der Waals surface area contributed by atoms with Gasteiger partial charge in [0.2, 0.25) is 0 Å². The van der Waals surface area contributed by atoms with E-state index in [1.54, 1.807) is 5.56 Å². The molecule has 0 amide bonds. The maximum Gasteiger partial charge on any atom is 0.0629 e. The Balaban J connectivity index is 1.54. The maximum absolute atomic E-state index is 8.88. The normalized spacial score (nSPS) is 21.6. The summed E-state index contributed by atoms with van der Waals surface area (Å²) >= 11 is 0. The van der Waals surface area contributed by atoms with Crippen molar-refractivity contribution in [1.29, 1.82) is 0 Å². The van der Waals surface area contributed by atoms with Crippen molar-refractivity contribution in [3.05, 3.63) is 120 Å². The van der Waals surface area contributed by atoms with Crippen LogP contribution < -0.4 is 0 Å². The molecule has 2 atom stereocenters. The first-order valence-corrected chi connectivity index (χ1v) is 14.3. The van der Waals surface area contributed by atoms with Crippen molar-refractivity contribution in [2.45, 2.75) is 50.9 Å². The number of hydrogen-bond acceptors (Lipinski definition) is 0. The van der Waals surface area contributed by atoms with Crippen LogP contribution in [0.5, 0.6) is 0 Å². The molecule has 6 aromatic rings. The van der Waals surface area contributed by atoms with Crippen LogP contribution in [0.4, 0.5) is 0 Å². The molecule has 0 saturated heterocycles. The van der Waals surface area contributed by atoms with Crippen molar-refractivity contribution in [2.24, 2.45) is 5.92 Å². The zero-order valence-corrected chi connectivity index (χ0v) is 22.5. The Hall–Kier alpha value is -3.90. The van der Waals surface area contributed by atoms with E-state index >= 15 is 0 Å². The molecule has 0 aromatic heterocycles. The Morgan fingerprint density at radius 1 is 0.641 bits per heavy atom. The largest absolute Gasteiger partial charge is 0.0629 e. The third-order valence-corrected chi connectivity index (χ3v) is 9.79. The molecule has 0 bridgehead atoms. The van der Waals surface area contributed by atoms with Crippen molar-refractivity contribution in [3.8, 4) is 22.3 Å². The highest BCUT2D eigenvalue weighted by atomic mass is 14.5. The summed E-state index contributed by atoms with van der Waals surface area (Å²) in [7, 11) is 0. The van der Waals surface area contributed by atoms with Gasteiger partial charge in [-0.2, -0.15) is 0 Å². The summed E-state index contributed by atoms with van der Waals surface area (Å²) in [6.07, 6.45) is 5.12. The van der Waals surface area contributed by atoms with Gasteiger partial charge in [0.15, 0.2) is 0 Å². The Bertz CT molecular complexity index is 2090. The van der Waals surface area contributed by atoms with Crippen LogP contribution in [0.1, 0.15) is 63.4 Å². The Kier molecular flexibility index (Phi) is 4.03. The molecule has 0 nitrogen and oxygen atoms in total. The number of benzene rings is 6. The number of rotatable bonds is 2. The first-order chi connectivity index (χ1) is 21.2. The van der Waals surface area contributed by atoms with Crippen LogP contribution in [0, 0.1) is 5.92 Å². The molecule has 39 heavy (non-hydrogen) atoms. The van der Waals surface area contributed by atoms with E-state index in [4.69, 9.17) is 6.85 Å². The maximum atomic E-state index is 8.88. The molecule has 0 radical (unpaired) electrons. The summed E-state index contributed by atoms with van der Waals surface area (Å²) in [5.74, 6) is 1.23. The van der Waals surface area contributed by atoms with Crippen LogP contribution in [-0.4, -0.2) is 0 Å². The zero-order chi connectivity index (χ0) is 30.5. The zero-order valence-electron chi connectivity index (χ0n) is 27.5. The summed E-state index contributed by atoms with van der Waals surface area (Å²) in [6.45, 7) is 4.89. The minimum atomic E-state index is -0.373. The molecule has 0 N–H and O–H groups in total. The van der Waals surface area contributed by atoms with Gasteiger partial charge < -0.3 is 0 Å². The minimum absolute atomic E-state index is 0.0675. The fourth-order valence-electron chi connectivity index (χ4n) is 8.14. The second-order valence-electron chi connectivity index (χ2n) is 12.0. The van der Waals surface area contributed by atoms with Gasteiger partial charge in [-0.25, -0.2) is 0 Å². The molecule has 0 aliphatic heterocycles. The predicted molar refractivity (Wildman–Crippen MR) is 168 cm³/mol. The van der Waals surface area contributed by atoms with Crippen molar-refractivity contribution >= 4 is 32.3 Å². The molecule has 0 heteroatoms. The smallest absolute Gasteiger partial charge is 0.0622 e. The first kappa shape index (κ1) is 18.4. The molecule has 2 unspecified atom stereocenters. The average molecular weight is 508 g/mol. The van der Waals surface area contributed by atoms with Gasteiger partial charge in [-0.3, -0.25) is 0 Å². The molecule has 2 aliphatic rings. The molecule has 1 saturated carbocycles. The van der Waals surface area contributed by atoms with Crippen LogP contribution in [-0.2, 0) is 5.41 Å². The molecule has 8 rings (SSSR count). The second-order valence-corrected chi connectivity index (χ2v) is 12.0. The van der Waals surface area contributed by atoms with Gasteiger partial charge in [0.05, 0.1) is 6.85 Å². The predicted octanol–water partition coefficient (Wildman–Crippen LogP) is 11.0. The van der Waals surface area contributed by atoms with E-state index in [-0.39, 0.29) is 41.2 Å². The minimum Gasteiger partial charge on any atom is -0.0622 e. The summed E-state index contributed by atoms with van der Waals surface area (Å²) in [4.78, 5) is 0. The van der Waals surface area contributed by atoms with Gasteiger partial charge in [0, 0.05) is 0 Å². The summed E-state index contributed by atoms with van der Waals surface area (Å²) in [5.41, 5.74) is 6.35. The first-order valence-electron chi connectivity index (χ1n) is 16.8. The van der Waals surface area contributed by atoms with Crippen LogP contribution in [0.3, 0.4) is 0 Å². The van der Waals surface area contributed by atoms with Crippen molar-refractivity contribution < 1.29 is 6.85 Å². The van der Waals surface area contributed by atoms with Gasteiger partial charge >= 0.3 is 0 Å². The van der Waals surface area contributed by atoms with Crippen LogP contribution in [0.15, 0.2) is 109 Å². The Morgan fingerprint density at radius 3 is 1.82 bits per heavy atom. The van der Waals surface area contributed by atoms with Gasteiger partial charge in [-0.1, -0.05) is 130 Å². The molecule has 0 heterocycles. The van der Waals surface area contributed by atoms with E-state index < -0.39 is 0 Å². The van der Waals surface area contributed by atoms with Gasteiger partial charge in [-0.05, 0) is 102 Å². The van der Waals surface area contributed by atoms with Crippen LogP contribution in [0.25, 0.3) is 54.6 Å². The molecule has 0 spiro atoms. The average Bonchev–Trinajstić information content (AvgIpc) is 3.28. The summed E-state index contributed by atoms with van der Waals surface area (Å²) in [6, 6.07) is 26.4. The highest BCUT2D eigenvalue weighted by molar-refractivity contribution is 6.23. The van der Waals surface area contributed by atoms with E-state index in [9.17, 15) is 0 Å². The second kappa shape index (κ2) is 8.55. The van der Waals surface area contributed by atoms with Crippen LogP contribution in [0.2, 0.25) is 0 Å². The lowest BCUT2D eigenvalue weighted by molar-refractivity contribution is 0.233. The topological polar surface area (TPSA) is 0 Å². The van der Waals surface area contributed by atoms with Crippen LogP contribution >= 0.6 is 0 Å². The number of fused-ring (bicyclic) bond motifs is 7. The third-order valence-electron chi connectivity index (χ3n) is 9.79. The molecule has 1 fully saturated rings. The monoisotopic (exact) mass is 507 g/mol. The standard InChI is InChI=1S/C39H34/c1-39(2)34-23-13-12-22-32(34)38-27-17-7-6-16-26(27)33(24-35(38)39)37-30-20-10-8-18-28(30)36(25-14-4-3-5-15-25)29-19-9-11-21-31(29)37/h3-11,14-21,24,32,34H,12-13,22-23H2,1-2H3/i3D,4D,5D,14D,15D. The number of hydrogen-bond donors (Lipinski definition) is 0. The van der Waals surface area contributed by atoms with E-state index in [0.717, 1.165) is 27.1 Å². The van der Waals surface area contributed by atoms with Gasteiger partial charge in [0.1, 0.15) is 0 Å². The van der Waals surface area contributed by atoms with E-state index in [2.05, 4.69) is 56.3 Å². The quantitative estimate of drug-likeness (QED) is 0.204. The third kappa shape index (κ3) is 3.24. The fourth-order valence-corrected chi connectivity index (χ4v) is 8.14. The Morgan fingerprint density at radius 2 is 1.18 bits per heavy atom. The van der Waals surface area contributed by atoms with Gasteiger partial charge in [0.25, 0.3) is 0 Å². The molecular formula is C39H34. The summed E-state index contributed by atoms with van der Waals surface area (Å²) in [5, 5.41) is 6.41. The van der Waals surface area contributed by atoms with E-state index in [1.807, 2.05) is 36.4 Å². The molecule has 6 aromatic carbocycles. The highest BCUT2D eigenvalue weighted by Crippen LogP contribution is 2.59.